The van der Waals surface area contributed by atoms with Crippen LogP contribution in [0.25, 0.3) is 10.9 Å². The zero-order chi connectivity index (χ0) is 19.8. The van der Waals surface area contributed by atoms with Gasteiger partial charge >= 0.3 is 0 Å². The molecule has 1 aromatic carbocycles. The number of Topliss-reactive ketones (excluding diaryl/α,β-unsaturated/α-hetero) is 1. The van der Waals surface area contributed by atoms with E-state index in [4.69, 9.17) is 0 Å². The molecule has 2 aromatic rings. The van der Waals surface area contributed by atoms with Crippen LogP contribution in [0.5, 0.6) is 0 Å². The lowest BCUT2D eigenvalue weighted by atomic mass is 10.1. The number of aryl methyl sites for hydroxylation is 1. The molecule has 0 spiro atoms. The minimum absolute atomic E-state index is 0.336. The molecule has 6 nitrogen and oxygen atoms in total. The van der Waals surface area contributed by atoms with Gasteiger partial charge in [-0.1, -0.05) is 12.1 Å². The van der Waals surface area contributed by atoms with E-state index in [9.17, 15) is 23.2 Å². The molecular formula is C19H19F2N3O3. The van der Waals surface area contributed by atoms with Crippen LogP contribution in [0.15, 0.2) is 30.5 Å². The summed E-state index contributed by atoms with van der Waals surface area (Å²) in [5, 5.41) is 3.08. The normalized spacial score (nSPS) is 18.5. The maximum Gasteiger partial charge on any atom is 0.267 e. The molecule has 27 heavy (non-hydrogen) atoms. The molecule has 2 heterocycles. The van der Waals surface area contributed by atoms with Crippen molar-refractivity contribution >= 4 is 28.5 Å². The number of aromatic nitrogens is 1. The third-order valence-corrected chi connectivity index (χ3v) is 4.60. The first-order valence-corrected chi connectivity index (χ1v) is 8.49. The lowest BCUT2D eigenvalue weighted by Crippen LogP contribution is -2.45. The number of carbonyl (C=O) groups excluding carboxylic acids is 3. The molecule has 3 rings (SSSR count). The van der Waals surface area contributed by atoms with Crippen LogP contribution in [0.1, 0.15) is 29.3 Å². The minimum atomic E-state index is -3.10. The summed E-state index contributed by atoms with van der Waals surface area (Å²) in [4.78, 5) is 41.4. The van der Waals surface area contributed by atoms with Gasteiger partial charge in [-0.05, 0) is 31.5 Å². The van der Waals surface area contributed by atoms with Gasteiger partial charge in [0, 0.05) is 18.0 Å². The van der Waals surface area contributed by atoms with Gasteiger partial charge in [-0.2, -0.15) is 0 Å². The van der Waals surface area contributed by atoms with Crippen molar-refractivity contribution in [3.63, 3.8) is 0 Å². The topological polar surface area (TPSA) is 79.4 Å². The Morgan fingerprint density at radius 2 is 2.04 bits per heavy atom. The summed E-state index contributed by atoms with van der Waals surface area (Å²) in [5.74, 6) is -4.82. The molecule has 0 bridgehead atoms. The van der Waals surface area contributed by atoms with Gasteiger partial charge in [-0.15, -0.1) is 0 Å². The van der Waals surface area contributed by atoms with E-state index in [0.717, 1.165) is 10.5 Å². The van der Waals surface area contributed by atoms with Crippen LogP contribution in [0.3, 0.4) is 0 Å². The molecule has 1 fully saturated rings. The molecule has 8 heteroatoms. The van der Waals surface area contributed by atoms with Gasteiger partial charge in [0.15, 0.2) is 5.78 Å². The molecule has 142 valence electrons. The lowest BCUT2D eigenvalue weighted by molar-refractivity contribution is -0.136. The van der Waals surface area contributed by atoms with Crippen molar-refractivity contribution in [2.75, 3.05) is 13.1 Å². The van der Waals surface area contributed by atoms with Crippen molar-refractivity contribution in [3.05, 3.63) is 41.6 Å². The van der Waals surface area contributed by atoms with Crippen LogP contribution in [0.4, 0.5) is 8.78 Å². The van der Waals surface area contributed by atoms with Crippen LogP contribution in [0.2, 0.25) is 0 Å². The number of likely N-dealkylation sites (tertiary alicyclic amines) is 1. The number of alkyl halides is 2. The summed E-state index contributed by atoms with van der Waals surface area (Å²) < 4.78 is 27.2. The first-order chi connectivity index (χ1) is 12.7. The van der Waals surface area contributed by atoms with Crippen LogP contribution < -0.4 is 5.32 Å². The fourth-order valence-corrected chi connectivity index (χ4v) is 3.25. The molecular weight excluding hydrogens is 356 g/mol. The number of hydrogen-bond donors (Lipinski definition) is 1. The Labute approximate surface area is 154 Å². The standard InChI is InChI=1S/C19H19F2N3O3/c1-11-3-4-13-14(5-6-22-15(13)7-11)18(27)23-9-17(26)24-10-19(20,21)8-16(24)12(2)25/h3-7,16H,8-10H2,1-2H3,(H,23,27). The van der Waals surface area contributed by atoms with E-state index >= 15 is 0 Å². The van der Waals surface area contributed by atoms with Crippen LogP contribution in [-0.2, 0) is 9.59 Å². The number of pyridine rings is 1. The van der Waals surface area contributed by atoms with E-state index in [2.05, 4.69) is 10.3 Å². The van der Waals surface area contributed by atoms with Gasteiger partial charge in [-0.25, -0.2) is 8.78 Å². The molecule has 0 aliphatic carbocycles. The van der Waals surface area contributed by atoms with Gasteiger partial charge in [0.1, 0.15) is 0 Å². The summed E-state index contributed by atoms with van der Waals surface area (Å²) in [6.45, 7) is 1.80. The number of fused-ring (bicyclic) bond motifs is 1. The highest BCUT2D eigenvalue weighted by Gasteiger charge is 2.48. The van der Waals surface area contributed by atoms with Crippen molar-refractivity contribution in [2.45, 2.75) is 32.2 Å². The molecule has 1 aliphatic heterocycles. The second-order valence-corrected chi connectivity index (χ2v) is 6.77. The van der Waals surface area contributed by atoms with E-state index < -0.39 is 49.1 Å². The number of nitrogens with zero attached hydrogens (tertiary/aromatic N) is 2. The monoisotopic (exact) mass is 375 g/mol. The SMILES string of the molecule is CC(=O)C1CC(F)(F)CN1C(=O)CNC(=O)c1ccnc2cc(C)ccc12. The van der Waals surface area contributed by atoms with Crippen molar-refractivity contribution in [1.82, 2.24) is 15.2 Å². The second kappa shape index (κ2) is 7.02. The molecule has 0 saturated carbocycles. The fourth-order valence-electron chi connectivity index (χ4n) is 3.25. The third-order valence-electron chi connectivity index (χ3n) is 4.60. The predicted octanol–water partition coefficient (Wildman–Crippen LogP) is 2.10. The zero-order valence-corrected chi connectivity index (χ0v) is 15.0. The summed E-state index contributed by atoms with van der Waals surface area (Å²) >= 11 is 0. The number of amides is 2. The Balaban J connectivity index is 1.72. The van der Waals surface area contributed by atoms with Gasteiger partial charge in [0.25, 0.3) is 11.8 Å². The molecule has 1 saturated heterocycles. The molecule has 1 aromatic heterocycles. The summed E-state index contributed by atoms with van der Waals surface area (Å²) in [6.07, 6.45) is 0.807. The summed E-state index contributed by atoms with van der Waals surface area (Å²) in [5.41, 5.74) is 1.97. The third kappa shape index (κ3) is 3.94. The number of nitrogens with one attached hydrogen (secondary N) is 1. The average molecular weight is 375 g/mol. The highest BCUT2D eigenvalue weighted by molar-refractivity contribution is 6.07. The van der Waals surface area contributed by atoms with Crippen LogP contribution in [-0.4, -0.2) is 52.5 Å². The number of carbonyl (C=O) groups is 3. The smallest absolute Gasteiger partial charge is 0.267 e. The predicted molar refractivity (Wildman–Crippen MR) is 94.6 cm³/mol. The summed E-state index contributed by atoms with van der Waals surface area (Å²) in [6, 6.07) is 5.81. The van der Waals surface area contributed by atoms with Gasteiger partial charge in [0.05, 0.1) is 30.2 Å². The molecule has 1 N–H and O–H groups in total. The number of benzene rings is 1. The summed E-state index contributed by atoms with van der Waals surface area (Å²) in [7, 11) is 0. The number of hydrogen-bond acceptors (Lipinski definition) is 4. The van der Waals surface area contributed by atoms with Crippen LogP contribution >= 0.6 is 0 Å². The molecule has 2 amide bonds. The quantitative estimate of drug-likeness (QED) is 0.888. The molecule has 1 unspecified atom stereocenters. The van der Waals surface area contributed by atoms with Crippen molar-refractivity contribution in [2.24, 2.45) is 0 Å². The maximum absolute atomic E-state index is 13.6. The van der Waals surface area contributed by atoms with Gasteiger partial charge in [0.2, 0.25) is 5.91 Å². The Bertz CT molecular complexity index is 930. The van der Waals surface area contributed by atoms with Crippen molar-refractivity contribution in [3.8, 4) is 0 Å². The number of ketones is 1. The highest BCUT2D eigenvalue weighted by Crippen LogP contribution is 2.32. The first kappa shape index (κ1) is 18.9. The first-order valence-electron chi connectivity index (χ1n) is 8.49. The zero-order valence-electron chi connectivity index (χ0n) is 15.0. The van der Waals surface area contributed by atoms with E-state index in [1.165, 1.54) is 19.2 Å². The van der Waals surface area contributed by atoms with Crippen molar-refractivity contribution in [1.29, 1.82) is 0 Å². The van der Waals surface area contributed by atoms with E-state index in [0.29, 0.717) is 16.5 Å². The van der Waals surface area contributed by atoms with E-state index in [1.807, 2.05) is 19.1 Å². The largest absolute Gasteiger partial charge is 0.343 e. The van der Waals surface area contributed by atoms with Gasteiger partial charge < -0.3 is 10.2 Å². The Morgan fingerprint density at radius 1 is 1.30 bits per heavy atom. The number of halogens is 2. The lowest BCUT2D eigenvalue weighted by Gasteiger charge is -2.22. The fraction of sp³-hybridized carbons (Fsp3) is 0.368. The highest BCUT2D eigenvalue weighted by atomic mass is 19.3. The molecule has 1 aliphatic rings. The molecule has 1 atom stereocenters. The van der Waals surface area contributed by atoms with Gasteiger partial charge in [-0.3, -0.25) is 19.4 Å². The van der Waals surface area contributed by atoms with E-state index in [1.54, 1.807) is 6.07 Å². The van der Waals surface area contributed by atoms with Crippen molar-refractivity contribution < 1.29 is 23.2 Å². The molecule has 0 radical (unpaired) electrons. The second-order valence-electron chi connectivity index (χ2n) is 6.77. The minimum Gasteiger partial charge on any atom is -0.343 e. The Hall–Kier alpha value is -2.90. The Morgan fingerprint density at radius 3 is 2.74 bits per heavy atom. The Kier molecular flexibility index (Phi) is 4.91. The maximum atomic E-state index is 13.6. The van der Waals surface area contributed by atoms with E-state index in [-0.39, 0.29) is 0 Å². The number of rotatable bonds is 4. The van der Waals surface area contributed by atoms with Crippen LogP contribution in [0, 0.1) is 6.92 Å². The average Bonchev–Trinajstić information content (AvgIpc) is 2.94.